The summed E-state index contributed by atoms with van der Waals surface area (Å²) in [4.78, 5) is -0.382. The van der Waals surface area contributed by atoms with E-state index in [4.69, 9.17) is 16.3 Å². The fourth-order valence-corrected chi connectivity index (χ4v) is 3.67. The summed E-state index contributed by atoms with van der Waals surface area (Å²) in [6.07, 6.45) is 0.675. The Labute approximate surface area is 124 Å². The van der Waals surface area contributed by atoms with Crippen molar-refractivity contribution in [1.29, 1.82) is 0 Å². The molecule has 0 radical (unpaired) electrons. The number of rotatable bonds is 6. The van der Waals surface area contributed by atoms with Crippen molar-refractivity contribution in [3.63, 3.8) is 0 Å². The Kier molecular flexibility index (Phi) is 5.56. The van der Waals surface area contributed by atoms with Crippen LogP contribution in [-0.2, 0) is 24.6 Å². The molecule has 0 saturated heterocycles. The van der Waals surface area contributed by atoms with Gasteiger partial charge in [0.25, 0.3) is 0 Å². The van der Waals surface area contributed by atoms with Crippen LogP contribution in [0.5, 0.6) is 0 Å². The molecule has 1 unspecified atom stereocenters. The Morgan fingerprint density at radius 1 is 1.30 bits per heavy atom. The zero-order valence-corrected chi connectivity index (χ0v) is 13.6. The summed E-state index contributed by atoms with van der Waals surface area (Å²) in [7, 11) is -5.96. The number of benzene rings is 1. The lowest BCUT2D eigenvalue weighted by Crippen LogP contribution is -2.31. The highest BCUT2D eigenvalue weighted by atomic mass is 35.5. The van der Waals surface area contributed by atoms with Crippen LogP contribution in [0.4, 0.5) is 0 Å². The average Bonchev–Trinajstić information content (AvgIpc) is 2.34. The zero-order valence-electron chi connectivity index (χ0n) is 11.3. The van der Waals surface area contributed by atoms with Gasteiger partial charge in [-0.15, -0.1) is 0 Å². The molecule has 1 rings (SSSR count). The van der Waals surface area contributed by atoms with Gasteiger partial charge in [-0.05, 0) is 25.1 Å². The van der Waals surface area contributed by atoms with Gasteiger partial charge in [0, 0.05) is 19.9 Å². The predicted octanol–water partition coefficient (Wildman–Crippen LogP) is 1.06. The predicted molar refractivity (Wildman–Crippen MR) is 76.2 cm³/mol. The molecule has 114 valence electrons. The molecular weight excluding hydrogens is 326 g/mol. The number of nitrogens with one attached hydrogen (secondary N) is 1. The third-order valence-corrected chi connectivity index (χ3v) is 5.60. The molecule has 0 aliphatic rings. The first kappa shape index (κ1) is 17.4. The van der Waals surface area contributed by atoms with E-state index in [9.17, 15) is 16.8 Å². The number of ether oxygens (including phenoxy) is 1. The van der Waals surface area contributed by atoms with Crippen molar-refractivity contribution in [2.24, 2.45) is 0 Å². The summed E-state index contributed by atoms with van der Waals surface area (Å²) in [5, 5.41) is -0.0463. The molecule has 0 bridgehead atoms. The summed E-state index contributed by atoms with van der Waals surface area (Å²) >= 11 is 5.83. The third-order valence-electron chi connectivity index (χ3n) is 2.58. The molecule has 1 aromatic rings. The summed E-state index contributed by atoms with van der Waals surface area (Å²) < 4.78 is 54.4. The molecule has 0 spiro atoms. The topological polar surface area (TPSA) is 89.5 Å². The Bertz CT molecular complexity index is 685. The van der Waals surface area contributed by atoms with Crippen LogP contribution >= 0.6 is 11.6 Å². The van der Waals surface area contributed by atoms with Gasteiger partial charge in [-0.25, -0.2) is 21.6 Å². The first-order chi connectivity index (χ1) is 9.08. The van der Waals surface area contributed by atoms with E-state index in [2.05, 4.69) is 4.72 Å². The van der Waals surface area contributed by atoms with Gasteiger partial charge in [0.1, 0.15) is 4.90 Å². The summed E-state index contributed by atoms with van der Waals surface area (Å²) in [6.45, 7) is 1.75. The Morgan fingerprint density at radius 2 is 1.90 bits per heavy atom. The number of hydrogen-bond donors (Lipinski definition) is 1. The molecule has 1 aromatic carbocycles. The van der Waals surface area contributed by atoms with E-state index >= 15 is 0 Å². The molecule has 0 aliphatic carbocycles. The molecule has 1 atom stereocenters. The average molecular weight is 342 g/mol. The van der Waals surface area contributed by atoms with Crippen LogP contribution < -0.4 is 4.72 Å². The summed E-state index contributed by atoms with van der Waals surface area (Å²) in [5.41, 5.74) is 0. The Balaban J connectivity index is 3.18. The van der Waals surface area contributed by atoms with Crippen LogP contribution in [-0.4, -0.2) is 42.8 Å². The highest BCUT2D eigenvalue weighted by Gasteiger charge is 2.21. The molecule has 0 fully saturated rings. The molecule has 0 aliphatic heterocycles. The first-order valence-electron chi connectivity index (χ1n) is 5.60. The van der Waals surface area contributed by atoms with Crippen LogP contribution in [0.2, 0.25) is 5.02 Å². The molecule has 20 heavy (non-hydrogen) atoms. The van der Waals surface area contributed by atoms with Crippen molar-refractivity contribution in [3.8, 4) is 0 Å². The summed E-state index contributed by atoms with van der Waals surface area (Å²) in [5.74, 6) is 0. The van der Waals surface area contributed by atoms with E-state index in [1.165, 1.54) is 19.2 Å². The van der Waals surface area contributed by atoms with Crippen LogP contribution in [0, 0.1) is 0 Å². The summed E-state index contributed by atoms with van der Waals surface area (Å²) in [6, 6.07) is 3.54. The molecule has 6 nitrogen and oxygen atoms in total. The quantitative estimate of drug-likeness (QED) is 0.835. The number of sulfonamides is 1. The molecule has 9 heteroatoms. The van der Waals surface area contributed by atoms with Crippen molar-refractivity contribution in [2.75, 3.05) is 19.9 Å². The lowest BCUT2D eigenvalue weighted by atomic mass is 10.4. The van der Waals surface area contributed by atoms with Gasteiger partial charge in [0.05, 0.1) is 16.0 Å². The van der Waals surface area contributed by atoms with E-state index in [-0.39, 0.29) is 27.5 Å². The van der Waals surface area contributed by atoms with Crippen LogP contribution in [0.3, 0.4) is 0 Å². The van der Waals surface area contributed by atoms with Crippen molar-refractivity contribution in [2.45, 2.75) is 22.8 Å². The smallest absolute Gasteiger partial charge is 0.242 e. The second kappa shape index (κ2) is 6.40. The van der Waals surface area contributed by atoms with Crippen molar-refractivity contribution in [1.82, 2.24) is 4.72 Å². The standard InChI is InChI=1S/C11H16ClNO5S2/c1-8(18-2)7-13-20(16,17)11-6-9(19(3,14)15)4-5-10(11)12/h4-6,8,13H,7H2,1-3H3. The van der Waals surface area contributed by atoms with Gasteiger partial charge >= 0.3 is 0 Å². The van der Waals surface area contributed by atoms with Crippen LogP contribution in [0.25, 0.3) is 0 Å². The largest absolute Gasteiger partial charge is 0.380 e. The van der Waals surface area contributed by atoms with Crippen molar-refractivity contribution in [3.05, 3.63) is 23.2 Å². The Hall–Kier alpha value is -0.670. The van der Waals surface area contributed by atoms with E-state index in [0.717, 1.165) is 12.3 Å². The Morgan fingerprint density at radius 3 is 2.40 bits per heavy atom. The highest BCUT2D eigenvalue weighted by Crippen LogP contribution is 2.24. The molecule has 0 amide bonds. The van der Waals surface area contributed by atoms with E-state index < -0.39 is 19.9 Å². The SMILES string of the molecule is COC(C)CNS(=O)(=O)c1cc(S(C)(=O)=O)ccc1Cl. The minimum atomic E-state index is -3.91. The van der Waals surface area contributed by atoms with Gasteiger partial charge < -0.3 is 4.74 Å². The molecule has 0 heterocycles. The monoisotopic (exact) mass is 341 g/mol. The minimum absolute atomic E-state index is 0.0463. The van der Waals surface area contributed by atoms with Gasteiger partial charge in [-0.3, -0.25) is 0 Å². The molecule has 0 aromatic heterocycles. The maximum absolute atomic E-state index is 12.1. The lowest BCUT2D eigenvalue weighted by molar-refractivity contribution is 0.122. The van der Waals surface area contributed by atoms with E-state index in [1.54, 1.807) is 6.92 Å². The number of halogens is 1. The third kappa shape index (κ3) is 4.42. The number of methoxy groups -OCH3 is 1. The van der Waals surface area contributed by atoms with Crippen molar-refractivity contribution < 1.29 is 21.6 Å². The first-order valence-corrected chi connectivity index (χ1v) is 9.35. The van der Waals surface area contributed by atoms with Gasteiger partial charge in [0.15, 0.2) is 9.84 Å². The minimum Gasteiger partial charge on any atom is -0.380 e. The molecule has 1 N–H and O–H groups in total. The van der Waals surface area contributed by atoms with Gasteiger partial charge in [-0.1, -0.05) is 11.6 Å². The van der Waals surface area contributed by atoms with Crippen molar-refractivity contribution >= 4 is 31.5 Å². The second-order valence-electron chi connectivity index (χ2n) is 4.26. The lowest BCUT2D eigenvalue weighted by Gasteiger charge is -2.12. The van der Waals surface area contributed by atoms with Crippen LogP contribution in [0.1, 0.15) is 6.92 Å². The fourth-order valence-electron chi connectivity index (χ4n) is 1.31. The fraction of sp³-hybridized carbons (Fsp3) is 0.455. The molecular formula is C11H16ClNO5S2. The number of sulfone groups is 1. The number of hydrogen-bond acceptors (Lipinski definition) is 5. The van der Waals surface area contributed by atoms with E-state index in [1.807, 2.05) is 0 Å². The second-order valence-corrected chi connectivity index (χ2v) is 8.42. The maximum Gasteiger partial charge on any atom is 0.242 e. The van der Waals surface area contributed by atoms with Gasteiger partial charge in [0.2, 0.25) is 10.0 Å². The highest BCUT2D eigenvalue weighted by molar-refractivity contribution is 7.91. The van der Waals surface area contributed by atoms with Gasteiger partial charge in [-0.2, -0.15) is 0 Å². The maximum atomic E-state index is 12.1. The molecule has 0 saturated carbocycles. The van der Waals surface area contributed by atoms with Crippen LogP contribution in [0.15, 0.2) is 28.0 Å². The van der Waals surface area contributed by atoms with E-state index in [0.29, 0.717) is 0 Å². The zero-order chi connectivity index (χ0) is 15.6. The normalized spacial score (nSPS) is 14.2.